The van der Waals surface area contributed by atoms with E-state index in [0.717, 1.165) is 13.1 Å². The summed E-state index contributed by atoms with van der Waals surface area (Å²) in [6, 6.07) is 4.17. The van der Waals surface area contributed by atoms with Crippen LogP contribution >= 0.6 is 11.3 Å². The standard InChI is InChI=1S/C9H15N3S/c1-12(5-4-9(10)11)7-8-3-2-6-13-8/h2-3,6H,4-5,7H2,1H3,(H3,10,11). The predicted octanol–water partition coefficient (Wildman–Crippen LogP) is 1.51. The molecule has 72 valence electrons. The lowest BCUT2D eigenvalue weighted by Gasteiger charge is -2.14. The predicted molar refractivity (Wildman–Crippen MR) is 57.2 cm³/mol. The molecule has 0 fully saturated rings. The Labute approximate surface area is 82.7 Å². The summed E-state index contributed by atoms with van der Waals surface area (Å²) < 4.78 is 0. The number of thiophene rings is 1. The summed E-state index contributed by atoms with van der Waals surface area (Å²) in [5.41, 5.74) is 5.27. The molecule has 0 radical (unpaired) electrons. The van der Waals surface area contributed by atoms with Gasteiger partial charge in [-0.1, -0.05) is 6.07 Å². The minimum atomic E-state index is 0.262. The van der Waals surface area contributed by atoms with Gasteiger partial charge in [0.1, 0.15) is 0 Å². The van der Waals surface area contributed by atoms with Crippen molar-refractivity contribution in [2.75, 3.05) is 13.6 Å². The number of amidine groups is 1. The maximum absolute atomic E-state index is 7.09. The Kier molecular flexibility index (Phi) is 3.92. The Bertz CT molecular complexity index is 256. The van der Waals surface area contributed by atoms with Crippen molar-refractivity contribution in [3.05, 3.63) is 22.4 Å². The van der Waals surface area contributed by atoms with Crippen LogP contribution in [0.5, 0.6) is 0 Å². The second kappa shape index (κ2) is 4.99. The van der Waals surface area contributed by atoms with Crippen LogP contribution in [-0.4, -0.2) is 24.3 Å². The molecule has 0 aliphatic carbocycles. The van der Waals surface area contributed by atoms with Gasteiger partial charge in [0.15, 0.2) is 0 Å². The van der Waals surface area contributed by atoms with E-state index >= 15 is 0 Å². The van der Waals surface area contributed by atoms with Crippen LogP contribution in [0.2, 0.25) is 0 Å². The Balaban J connectivity index is 2.25. The van der Waals surface area contributed by atoms with Gasteiger partial charge in [-0.15, -0.1) is 11.3 Å². The van der Waals surface area contributed by atoms with E-state index < -0.39 is 0 Å². The number of nitrogens with zero attached hydrogens (tertiary/aromatic N) is 1. The average Bonchev–Trinajstić information content (AvgIpc) is 2.53. The van der Waals surface area contributed by atoms with Crippen LogP contribution in [0.25, 0.3) is 0 Å². The molecule has 1 aromatic heterocycles. The molecule has 0 aromatic carbocycles. The summed E-state index contributed by atoms with van der Waals surface area (Å²) in [6.07, 6.45) is 0.655. The molecule has 1 heterocycles. The van der Waals surface area contributed by atoms with Crippen LogP contribution < -0.4 is 5.73 Å². The first-order chi connectivity index (χ1) is 6.18. The lowest BCUT2D eigenvalue weighted by Crippen LogP contribution is -2.23. The third kappa shape index (κ3) is 4.05. The van der Waals surface area contributed by atoms with Gasteiger partial charge in [0.2, 0.25) is 0 Å². The molecule has 0 unspecified atom stereocenters. The van der Waals surface area contributed by atoms with E-state index in [1.807, 2.05) is 7.05 Å². The molecular formula is C9H15N3S. The van der Waals surface area contributed by atoms with E-state index in [-0.39, 0.29) is 5.84 Å². The fraction of sp³-hybridized carbons (Fsp3) is 0.444. The van der Waals surface area contributed by atoms with E-state index in [0.29, 0.717) is 6.42 Å². The van der Waals surface area contributed by atoms with Crippen molar-refractivity contribution < 1.29 is 0 Å². The van der Waals surface area contributed by atoms with E-state index in [2.05, 4.69) is 22.4 Å². The van der Waals surface area contributed by atoms with Crippen molar-refractivity contribution in [2.24, 2.45) is 5.73 Å². The normalized spacial score (nSPS) is 10.6. The van der Waals surface area contributed by atoms with Gasteiger partial charge in [0, 0.05) is 24.4 Å². The SMILES string of the molecule is CN(CCC(=N)N)Cc1cccs1. The average molecular weight is 197 g/mol. The van der Waals surface area contributed by atoms with Crippen molar-refractivity contribution in [3.63, 3.8) is 0 Å². The highest BCUT2D eigenvalue weighted by atomic mass is 32.1. The lowest BCUT2D eigenvalue weighted by molar-refractivity contribution is 0.339. The fourth-order valence-electron chi connectivity index (χ4n) is 1.06. The molecule has 4 heteroatoms. The maximum atomic E-state index is 7.09. The quantitative estimate of drug-likeness (QED) is 0.555. The Morgan fingerprint density at radius 2 is 2.46 bits per heavy atom. The van der Waals surface area contributed by atoms with Gasteiger partial charge in [0.25, 0.3) is 0 Å². The van der Waals surface area contributed by atoms with E-state index in [1.54, 1.807) is 11.3 Å². The molecule has 3 N–H and O–H groups in total. The van der Waals surface area contributed by atoms with E-state index in [9.17, 15) is 0 Å². The minimum Gasteiger partial charge on any atom is -0.388 e. The van der Waals surface area contributed by atoms with Crippen molar-refractivity contribution >= 4 is 17.2 Å². The molecule has 13 heavy (non-hydrogen) atoms. The highest BCUT2D eigenvalue weighted by Gasteiger charge is 2.01. The molecular weight excluding hydrogens is 182 g/mol. The molecule has 0 amide bonds. The van der Waals surface area contributed by atoms with Gasteiger partial charge in [-0.05, 0) is 18.5 Å². The topological polar surface area (TPSA) is 53.1 Å². The molecule has 0 aliphatic heterocycles. The first-order valence-corrected chi connectivity index (χ1v) is 5.10. The molecule has 0 saturated carbocycles. The Hall–Kier alpha value is -0.870. The Morgan fingerprint density at radius 1 is 1.69 bits per heavy atom. The third-order valence-electron chi connectivity index (χ3n) is 1.77. The highest BCUT2D eigenvalue weighted by molar-refractivity contribution is 7.09. The minimum absolute atomic E-state index is 0.262. The summed E-state index contributed by atoms with van der Waals surface area (Å²) in [7, 11) is 2.04. The maximum Gasteiger partial charge on any atom is 0.0918 e. The molecule has 0 aliphatic rings. The summed E-state index contributed by atoms with van der Waals surface area (Å²) in [5, 5.41) is 9.17. The zero-order valence-electron chi connectivity index (χ0n) is 7.79. The van der Waals surface area contributed by atoms with Gasteiger partial charge < -0.3 is 10.6 Å². The molecule has 1 rings (SSSR count). The molecule has 1 aromatic rings. The van der Waals surface area contributed by atoms with Gasteiger partial charge in [-0.25, -0.2) is 0 Å². The van der Waals surface area contributed by atoms with Gasteiger partial charge >= 0.3 is 0 Å². The monoisotopic (exact) mass is 197 g/mol. The molecule has 3 nitrogen and oxygen atoms in total. The lowest BCUT2D eigenvalue weighted by atomic mass is 10.3. The number of rotatable bonds is 5. The number of hydrogen-bond acceptors (Lipinski definition) is 3. The number of nitrogens with one attached hydrogen (secondary N) is 1. The van der Waals surface area contributed by atoms with E-state index in [4.69, 9.17) is 11.1 Å². The van der Waals surface area contributed by atoms with Crippen LogP contribution in [0.4, 0.5) is 0 Å². The van der Waals surface area contributed by atoms with Crippen molar-refractivity contribution in [3.8, 4) is 0 Å². The van der Waals surface area contributed by atoms with Crippen molar-refractivity contribution in [1.29, 1.82) is 5.41 Å². The largest absolute Gasteiger partial charge is 0.388 e. The van der Waals surface area contributed by atoms with Crippen LogP contribution in [0, 0.1) is 5.41 Å². The summed E-state index contributed by atoms with van der Waals surface area (Å²) in [6.45, 7) is 1.80. The summed E-state index contributed by atoms with van der Waals surface area (Å²) in [5.74, 6) is 0.262. The van der Waals surface area contributed by atoms with Crippen LogP contribution in [-0.2, 0) is 6.54 Å². The molecule has 0 spiro atoms. The summed E-state index contributed by atoms with van der Waals surface area (Å²) in [4.78, 5) is 3.53. The molecule has 0 saturated heterocycles. The fourth-order valence-corrected chi connectivity index (χ4v) is 1.84. The van der Waals surface area contributed by atoms with E-state index in [1.165, 1.54) is 4.88 Å². The van der Waals surface area contributed by atoms with Gasteiger partial charge in [-0.3, -0.25) is 5.41 Å². The van der Waals surface area contributed by atoms with Gasteiger partial charge in [-0.2, -0.15) is 0 Å². The first kappa shape index (κ1) is 10.2. The summed E-state index contributed by atoms with van der Waals surface area (Å²) >= 11 is 1.76. The molecule has 0 atom stereocenters. The second-order valence-electron chi connectivity index (χ2n) is 3.09. The number of hydrogen-bond donors (Lipinski definition) is 2. The van der Waals surface area contributed by atoms with Crippen LogP contribution in [0.15, 0.2) is 17.5 Å². The van der Waals surface area contributed by atoms with Gasteiger partial charge in [0.05, 0.1) is 5.84 Å². The smallest absolute Gasteiger partial charge is 0.0918 e. The van der Waals surface area contributed by atoms with Crippen molar-refractivity contribution in [1.82, 2.24) is 4.90 Å². The zero-order chi connectivity index (χ0) is 9.68. The van der Waals surface area contributed by atoms with Crippen molar-refractivity contribution in [2.45, 2.75) is 13.0 Å². The third-order valence-corrected chi connectivity index (χ3v) is 2.63. The molecule has 0 bridgehead atoms. The van der Waals surface area contributed by atoms with Crippen LogP contribution in [0.1, 0.15) is 11.3 Å². The number of nitrogens with two attached hydrogens (primary N) is 1. The first-order valence-electron chi connectivity index (χ1n) is 4.22. The zero-order valence-corrected chi connectivity index (χ0v) is 8.60. The highest BCUT2D eigenvalue weighted by Crippen LogP contribution is 2.10. The second-order valence-corrected chi connectivity index (χ2v) is 4.12. The Morgan fingerprint density at radius 3 is 3.00 bits per heavy atom. The van der Waals surface area contributed by atoms with Crippen LogP contribution in [0.3, 0.4) is 0 Å².